The molecule has 0 bridgehead atoms. The molecule has 11 heteroatoms. The second kappa shape index (κ2) is 7.84. The van der Waals surface area contributed by atoms with Crippen LogP contribution in [0.1, 0.15) is 23.5 Å². The minimum Gasteiger partial charge on any atom is -0.497 e. The van der Waals surface area contributed by atoms with Gasteiger partial charge in [-0.3, -0.25) is 9.52 Å². The molecule has 0 aliphatic carbocycles. The van der Waals surface area contributed by atoms with Crippen LogP contribution in [-0.2, 0) is 10.0 Å². The predicted molar refractivity (Wildman–Crippen MR) is 107 cm³/mol. The van der Waals surface area contributed by atoms with Crippen LogP contribution in [0.5, 0.6) is 5.75 Å². The third kappa shape index (κ3) is 4.10. The number of sulfonamides is 1. The SMILES string of the molecule is COc1cccc(NS(=O)(=O)c2cc(-c3noc(C(=O)N4CCCC4)n3)cs2)c1. The van der Waals surface area contributed by atoms with Gasteiger partial charge in [-0.15, -0.1) is 11.3 Å². The van der Waals surface area contributed by atoms with Crippen LogP contribution in [0.25, 0.3) is 11.4 Å². The van der Waals surface area contributed by atoms with Gasteiger partial charge in [0, 0.05) is 30.1 Å². The highest BCUT2D eigenvalue weighted by Gasteiger charge is 2.26. The Morgan fingerprint density at radius 1 is 1.28 bits per heavy atom. The van der Waals surface area contributed by atoms with E-state index in [1.165, 1.54) is 13.2 Å². The molecule has 4 rings (SSSR count). The fourth-order valence-electron chi connectivity index (χ4n) is 2.95. The normalized spacial score (nSPS) is 14.2. The van der Waals surface area contributed by atoms with E-state index in [1.807, 2.05) is 0 Å². The molecule has 0 unspecified atom stereocenters. The first-order valence-corrected chi connectivity index (χ1v) is 11.2. The van der Waals surface area contributed by atoms with E-state index >= 15 is 0 Å². The quantitative estimate of drug-likeness (QED) is 0.634. The number of benzene rings is 1. The zero-order valence-corrected chi connectivity index (χ0v) is 17.1. The van der Waals surface area contributed by atoms with Gasteiger partial charge in [0.2, 0.25) is 5.82 Å². The summed E-state index contributed by atoms with van der Waals surface area (Å²) in [6.07, 6.45) is 1.91. The van der Waals surface area contributed by atoms with Crippen molar-refractivity contribution in [2.75, 3.05) is 24.9 Å². The van der Waals surface area contributed by atoms with Crippen molar-refractivity contribution in [2.24, 2.45) is 0 Å². The first kappa shape index (κ1) is 19.4. The average molecular weight is 434 g/mol. The Kier molecular flexibility index (Phi) is 5.24. The van der Waals surface area contributed by atoms with Crippen molar-refractivity contribution in [3.8, 4) is 17.1 Å². The molecule has 9 nitrogen and oxygen atoms in total. The van der Waals surface area contributed by atoms with Crippen molar-refractivity contribution in [3.63, 3.8) is 0 Å². The van der Waals surface area contributed by atoms with Crippen LogP contribution in [0.3, 0.4) is 0 Å². The zero-order valence-electron chi connectivity index (χ0n) is 15.5. The van der Waals surface area contributed by atoms with Crippen molar-refractivity contribution >= 4 is 33.0 Å². The lowest BCUT2D eigenvalue weighted by Gasteiger charge is -2.10. The van der Waals surface area contributed by atoms with Crippen LogP contribution in [0.4, 0.5) is 5.69 Å². The smallest absolute Gasteiger partial charge is 0.316 e. The third-order valence-corrected chi connectivity index (χ3v) is 7.24. The standard InChI is InChI=1S/C18H18N4O5S2/c1-26-14-6-4-5-13(10-14)21-29(24,25)15-9-12(11-28-15)16-19-17(27-20-16)18(23)22-7-2-3-8-22/h4-6,9-11,21H,2-3,7-8H2,1H3. The van der Waals surface area contributed by atoms with Crippen LogP contribution < -0.4 is 9.46 Å². The van der Waals surface area contributed by atoms with E-state index in [0.29, 0.717) is 30.1 Å². The molecule has 3 heterocycles. The van der Waals surface area contributed by atoms with Crippen LogP contribution in [0.2, 0.25) is 0 Å². The number of amides is 1. The van der Waals surface area contributed by atoms with Gasteiger partial charge in [0.05, 0.1) is 12.8 Å². The summed E-state index contributed by atoms with van der Waals surface area (Å²) in [6, 6.07) is 8.07. The van der Waals surface area contributed by atoms with E-state index in [2.05, 4.69) is 14.9 Å². The largest absolute Gasteiger partial charge is 0.497 e. The van der Waals surface area contributed by atoms with E-state index in [9.17, 15) is 13.2 Å². The summed E-state index contributed by atoms with van der Waals surface area (Å²) in [7, 11) is -2.29. The molecular weight excluding hydrogens is 416 g/mol. The predicted octanol–water partition coefficient (Wildman–Crippen LogP) is 2.84. The van der Waals surface area contributed by atoms with Gasteiger partial charge >= 0.3 is 11.8 Å². The molecule has 1 aliphatic rings. The number of likely N-dealkylation sites (tertiary alicyclic amines) is 1. The fourth-order valence-corrected chi connectivity index (χ4v) is 5.16. The number of ether oxygens (including phenoxy) is 1. The van der Waals surface area contributed by atoms with Gasteiger partial charge in [-0.25, -0.2) is 8.42 Å². The Bertz CT molecular complexity index is 1130. The topological polar surface area (TPSA) is 115 Å². The number of carbonyl (C=O) groups is 1. The zero-order chi connectivity index (χ0) is 20.4. The summed E-state index contributed by atoms with van der Waals surface area (Å²) in [5, 5.41) is 5.43. The molecular formula is C18H18N4O5S2. The molecule has 0 atom stereocenters. The molecule has 152 valence electrons. The van der Waals surface area contributed by atoms with Gasteiger partial charge in [0.1, 0.15) is 9.96 Å². The van der Waals surface area contributed by atoms with Gasteiger partial charge in [-0.05, 0) is 31.0 Å². The molecule has 0 spiro atoms. The first-order valence-electron chi connectivity index (χ1n) is 8.85. The molecule has 1 saturated heterocycles. The van der Waals surface area contributed by atoms with Crippen LogP contribution in [-0.4, -0.2) is 49.6 Å². The molecule has 1 fully saturated rings. The summed E-state index contributed by atoms with van der Waals surface area (Å²) in [6.45, 7) is 1.35. The molecule has 1 aliphatic heterocycles. The number of rotatable bonds is 6. The Labute approximate surface area is 171 Å². The monoisotopic (exact) mass is 434 g/mol. The third-order valence-electron chi connectivity index (χ3n) is 4.42. The first-order chi connectivity index (χ1) is 14.0. The Morgan fingerprint density at radius 3 is 2.83 bits per heavy atom. The van der Waals surface area contributed by atoms with Crippen molar-refractivity contribution in [1.82, 2.24) is 15.0 Å². The van der Waals surface area contributed by atoms with Crippen molar-refractivity contribution < 1.29 is 22.5 Å². The number of methoxy groups -OCH3 is 1. The maximum absolute atomic E-state index is 12.7. The van der Waals surface area contributed by atoms with Crippen LogP contribution in [0, 0.1) is 0 Å². The van der Waals surface area contributed by atoms with Crippen LogP contribution >= 0.6 is 11.3 Å². The number of nitrogens with zero attached hydrogens (tertiary/aromatic N) is 3. The lowest BCUT2D eigenvalue weighted by Crippen LogP contribution is -2.27. The molecule has 1 N–H and O–H groups in total. The van der Waals surface area contributed by atoms with Gasteiger partial charge in [0.25, 0.3) is 10.0 Å². The Hall–Kier alpha value is -2.92. The maximum atomic E-state index is 12.7. The van der Waals surface area contributed by atoms with E-state index in [-0.39, 0.29) is 21.8 Å². The number of nitrogens with one attached hydrogen (secondary N) is 1. The highest BCUT2D eigenvalue weighted by atomic mass is 32.2. The molecule has 3 aromatic rings. The van der Waals surface area contributed by atoms with E-state index in [1.54, 1.807) is 34.5 Å². The van der Waals surface area contributed by atoms with Gasteiger partial charge < -0.3 is 14.2 Å². The van der Waals surface area contributed by atoms with Crippen LogP contribution in [0.15, 0.2) is 44.4 Å². The van der Waals surface area contributed by atoms with E-state index < -0.39 is 10.0 Å². The Balaban J connectivity index is 1.52. The molecule has 1 aromatic carbocycles. The fraction of sp³-hybridized carbons (Fsp3) is 0.278. The molecule has 0 saturated carbocycles. The van der Waals surface area contributed by atoms with E-state index in [4.69, 9.17) is 9.26 Å². The van der Waals surface area contributed by atoms with E-state index in [0.717, 1.165) is 24.2 Å². The number of hydrogen-bond donors (Lipinski definition) is 1. The minimum atomic E-state index is -3.80. The second-order valence-corrected chi connectivity index (χ2v) is 9.23. The summed E-state index contributed by atoms with van der Waals surface area (Å²) in [5.74, 6) is 0.321. The minimum absolute atomic E-state index is 0.0903. The average Bonchev–Trinajstić information content (AvgIpc) is 3.48. The molecule has 2 aromatic heterocycles. The van der Waals surface area contributed by atoms with Crippen molar-refractivity contribution in [1.29, 1.82) is 0 Å². The second-order valence-electron chi connectivity index (χ2n) is 6.41. The highest BCUT2D eigenvalue weighted by Crippen LogP contribution is 2.29. The maximum Gasteiger partial charge on any atom is 0.316 e. The summed E-state index contributed by atoms with van der Waals surface area (Å²) >= 11 is 1.02. The van der Waals surface area contributed by atoms with Gasteiger partial charge in [-0.2, -0.15) is 4.98 Å². The molecule has 29 heavy (non-hydrogen) atoms. The van der Waals surface area contributed by atoms with Gasteiger partial charge in [0.15, 0.2) is 0 Å². The summed E-state index contributed by atoms with van der Waals surface area (Å²) < 4.78 is 38.1. The number of thiophene rings is 1. The molecule has 1 amide bonds. The highest BCUT2D eigenvalue weighted by molar-refractivity contribution is 7.94. The number of hydrogen-bond acceptors (Lipinski definition) is 8. The van der Waals surface area contributed by atoms with Crippen molar-refractivity contribution in [3.05, 3.63) is 41.6 Å². The number of aromatic nitrogens is 2. The number of carbonyl (C=O) groups excluding carboxylic acids is 1. The summed E-state index contributed by atoms with van der Waals surface area (Å²) in [5.41, 5.74) is 0.850. The molecule has 0 radical (unpaired) electrons. The van der Waals surface area contributed by atoms with Crippen molar-refractivity contribution in [2.45, 2.75) is 17.1 Å². The Morgan fingerprint density at radius 2 is 2.07 bits per heavy atom. The summed E-state index contributed by atoms with van der Waals surface area (Å²) in [4.78, 5) is 18.1. The number of anilines is 1. The van der Waals surface area contributed by atoms with Gasteiger partial charge in [-0.1, -0.05) is 11.2 Å². The lowest BCUT2D eigenvalue weighted by molar-refractivity contribution is 0.0743. The lowest BCUT2D eigenvalue weighted by atomic mass is 10.3.